The lowest BCUT2D eigenvalue weighted by molar-refractivity contribution is 0.243. The predicted octanol–water partition coefficient (Wildman–Crippen LogP) is 4.18. The van der Waals surface area contributed by atoms with Crippen LogP contribution in [0.5, 0.6) is 0 Å². The van der Waals surface area contributed by atoms with Gasteiger partial charge in [-0.3, -0.25) is 0 Å². The molecule has 122 valence electrons. The van der Waals surface area contributed by atoms with Gasteiger partial charge in [0.1, 0.15) is 0 Å². The lowest BCUT2D eigenvalue weighted by Gasteiger charge is -2.25. The second-order valence-corrected chi connectivity index (χ2v) is 6.65. The topological polar surface area (TPSA) is 44.4 Å². The Morgan fingerprint density at radius 1 is 1.09 bits per heavy atom. The zero-order chi connectivity index (χ0) is 16.8. The van der Waals surface area contributed by atoms with E-state index in [2.05, 4.69) is 62.7 Å². The van der Waals surface area contributed by atoms with Crippen LogP contribution in [-0.4, -0.2) is 31.6 Å². The van der Waals surface area contributed by atoms with Crippen molar-refractivity contribution in [1.82, 2.24) is 10.2 Å². The molecule has 0 fully saturated rings. The highest BCUT2D eigenvalue weighted by molar-refractivity contribution is 9.10. The largest absolute Gasteiger partial charge is 0.336 e. The summed E-state index contributed by atoms with van der Waals surface area (Å²) in [7, 11) is 4.03. The van der Waals surface area contributed by atoms with E-state index in [1.165, 1.54) is 11.1 Å². The van der Waals surface area contributed by atoms with E-state index in [-0.39, 0.29) is 12.1 Å². The SMILES string of the molecule is Cc1ccc(C(CNC(=O)Nc2ccc(Br)cc2)N(C)C)cc1. The summed E-state index contributed by atoms with van der Waals surface area (Å²) in [6.07, 6.45) is 0. The Bertz CT molecular complexity index is 638. The molecule has 0 aliphatic rings. The first-order valence-electron chi connectivity index (χ1n) is 7.49. The molecule has 0 aromatic heterocycles. The van der Waals surface area contributed by atoms with Crippen LogP contribution in [-0.2, 0) is 0 Å². The van der Waals surface area contributed by atoms with Crippen molar-refractivity contribution < 1.29 is 4.79 Å². The van der Waals surface area contributed by atoms with Crippen molar-refractivity contribution in [3.8, 4) is 0 Å². The molecule has 0 heterocycles. The van der Waals surface area contributed by atoms with E-state index in [4.69, 9.17) is 0 Å². The molecule has 0 bridgehead atoms. The first-order valence-corrected chi connectivity index (χ1v) is 8.28. The van der Waals surface area contributed by atoms with E-state index in [0.717, 1.165) is 10.2 Å². The Labute approximate surface area is 146 Å². The Hall–Kier alpha value is -1.85. The van der Waals surface area contributed by atoms with E-state index in [1.807, 2.05) is 38.4 Å². The lowest BCUT2D eigenvalue weighted by Crippen LogP contribution is -2.36. The van der Waals surface area contributed by atoms with Crippen molar-refractivity contribution in [3.63, 3.8) is 0 Å². The van der Waals surface area contributed by atoms with Crippen LogP contribution in [0.1, 0.15) is 17.2 Å². The summed E-state index contributed by atoms with van der Waals surface area (Å²) in [5.41, 5.74) is 3.18. The zero-order valence-electron chi connectivity index (χ0n) is 13.6. The number of hydrogen-bond donors (Lipinski definition) is 2. The fourth-order valence-electron chi connectivity index (χ4n) is 2.29. The number of carbonyl (C=O) groups excluding carboxylic acids is 1. The van der Waals surface area contributed by atoms with Crippen LogP contribution in [0.25, 0.3) is 0 Å². The van der Waals surface area contributed by atoms with Gasteiger partial charge in [-0.1, -0.05) is 45.8 Å². The minimum atomic E-state index is -0.203. The molecule has 0 aliphatic heterocycles. The summed E-state index contributed by atoms with van der Waals surface area (Å²) >= 11 is 3.37. The minimum Gasteiger partial charge on any atom is -0.336 e. The Kier molecular flexibility index (Phi) is 6.19. The third-order valence-corrected chi connectivity index (χ3v) is 4.17. The van der Waals surface area contributed by atoms with Crippen LogP contribution in [0.4, 0.5) is 10.5 Å². The van der Waals surface area contributed by atoms with Crippen LogP contribution in [0, 0.1) is 6.92 Å². The molecule has 2 amide bonds. The Morgan fingerprint density at radius 3 is 2.26 bits per heavy atom. The van der Waals surface area contributed by atoms with Crippen molar-refractivity contribution in [3.05, 3.63) is 64.1 Å². The Morgan fingerprint density at radius 2 is 1.70 bits per heavy atom. The number of aryl methyl sites for hydroxylation is 1. The monoisotopic (exact) mass is 375 g/mol. The summed E-state index contributed by atoms with van der Waals surface area (Å²) in [4.78, 5) is 14.2. The van der Waals surface area contributed by atoms with Gasteiger partial charge in [0, 0.05) is 16.7 Å². The van der Waals surface area contributed by atoms with Gasteiger partial charge >= 0.3 is 6.03 Å². The fraction of sp³-hybridized carbons (Fsp3) is 0.278. The molecule has 1 unspecified atom stereocenters. The maximum Gasteiger partial charge on any atom is 0.319 e. The summed E-state index contributed by atoms with van der Waals surface area (Å²) in [5.74, 6) is 0. The number of benzene rings is 2. The van der Waals surface area contributed by atoms with Gasteiger partial charge in [0.05, 0.1) is 6.04 Å². The molecule has 2 aromatic carbocycles. The second-order valence-electron chi connectivity index (χ2n) is 5.73. The van der Waals surface area contributed by atoms with E-state index in [1.54, 1.807) is 0 Å². The standard InChI is InChI=1S/C18H22BrN3O/c1-13-4-6-14(7-5-13)17(22(2)3)12-20-18(23)21-16-10-8-15(19)9-11-16/h4-11,17H,12H2,1-3H3,(H2,20,21,23). The highest BCUT2D eigenvalue weighted by Crippen LogP contribution is 2.18. The number of nitrogens with one attached hydrogen (secondary N) is 2. The molecule has 0 saturated heterocycles. The smallest absolute Gasteiger partial charge is 0.319 e. The van der Waals surface area contributed by atoms with Crippen molar-refractivity contribution in [2.45, 2.75) is 13.0 Å². The summed E-state index contributed by atoms with van der Waals surface area (Å²) in [5, 5.41) is 5.77. The number of carbonyl (C=O) groups is 1. The van der Waals surface area contributed by atoms with Gasteiger partial charge in [-0.2, -0.15) is 0 Å². The normalized spacial score (nSPS) is 12.0. The van der Waals surface area contributed by atoms with Crippen molar-refractivity contribution in [1.29, 1.82) is 0 Å². The molecule has 0 spiro atoms. The van der Waals surface area contributed by atoms with Crippen LogP contribution < -0.4 is 10.6 Å². The van der Waals surface area contributed by atoms with Gasteiger partial charge in [-0.25, -0.2) is 4.79 Å². The van der Waals surface area contributed by atoms with Gasteiger partial charge < -0.3 is 15.5 Å². The lowest BCUT2D eigenvalue weighted by atomic mass is 10.0. The number of amides is 2. The van der Waals surface area contributed by atoms with Crippen LogP contribution in [0.15, 0.2) is 53.0 Å². The van der Waals surface area contributed by atoms with Gasteiger partial charge in [0.25, 0.3) is 0 Å². The van der Waals surface area contributed by atoms with E-state index >= 15 is 0 Å². The van der Waals surface area contributed by atoms with Gasteiger partial charge in [-0.05, 0) is 50.8 Å². The number of urea groups is 1. The van der Waals surface area contributed by atoms with Crippen molar-refractivity contribution in [2.24, 2.45) is 0 Å². The third kappa shape index (κ3) is 5.37. The highest BCUT2D eigenvalue weighted by Gasteiger charge is 2.15. The first-order chi connectivity index (χ1) is 11.0. The van der Waals surface area contributed by atoms with E-state index in [9.17, 15) is 4.79 Å². The molecule has 5 heteroatoms. The van der Waals surface area contributed by atoms with Gasteiger partial charge in [0.15, 0.2) is 0 Å². The summed E-state index contributed by atoms with van der Waals surface area (Å²) in [6, 6.07) is 15.8. The highest BCUT2D eigenvalue weighted by atomic mass is 79.9. The summed E-state index contributed by atoms with van der Waals surface area (Å²) < 4.78 is 0.982. The maximum absolute atomic E-state index is 12.1. The fourth-order valence-corrected chi connectivity index (χ4v) is 2.55. The van der Waals surface area contributed by atoms with Crippen LogP contribution in [0.2, 0.25) is 0 Å². The molecule has 4 nitrogen and oxygen atoms in total. The predicted molar refractivity (Wildman–Crippen MR) is 98.8 cm³/mol. The third-order valence-electron chi connectivity index (χ3n) is 3.64. The van der Waals surface area contributed by atoms with Crippen LogP contribution in [0.3, 0.4) is 0 Å². The second kappa shape index (κ2) is 8.13. The average molecular weight is 376 g/mol. The van der Waals surface area contributed by atoms with Gasteiger partial charge in [0.2, 0.25) is 0 Å². The molecule has 0 saturated carbocycles. The molecule has 2 N–H and O–H groups in total. The molecule has 1 atom stereocenters. The van der Waals surface area contributed by atoms with Gasteiger partial charge in [-0.15, -0.1) is 0 Å². The van der Waals surface area contributed by atoms with Crippen LogP contribution >= 0.6 is 15.9 Å². The number of rotatable bonds is 5. The Balaban J connectivity index is 1.94. The molecular formula is C18H22BrN3O. The molecule has 0 radical (unpaired) electrons. The molecular weight excluding hydrogens is 354 g/mol. The van der Waals surface area contributed by atoms with Crippen molar-refractivity contribution >= 4 is 27.6 Å². The number of hydrogen-bond acceptors (Lipinski definition) is 2. The maximum atomic E-state index is 12.1. The molecule has 2 aromatic rings. The molecule has 2 rings (SSSR count). The zero-order valence-corrected chi connectivity index (χ0v) is 15.2. The minimum absolute atomic E-state index is 0.131. The first kappa shape index (κ1) is 17.5. The summed E-state index contributed by atoms with van der Waals surface area (Å²) in [6.45, 7) is 2.61. The number of nitrogens with zero attached hydrogens (tertiary/aromatic N) is 1. The number of anilines is 1. The van der Waals surface area contributed by atoms with E-state index < -0.39 is 0 Å². The quantitative estimate of drug-likeness (QED) is 0.822. The number of halogens is 1. The van der Waals surface area contributed by atoms with Crippen molar-refractivity contribution in [2.75, 3.05) is 26.0 Å². The molecule has 23 heavy (non-hydrogen) atoms. The average Bonchev–Trinajstić information content (AvgIpc) is 2.51. The van der Waals surface area contributed by atoms with E-state index in [0.29, 0.717) is 6.54 Å². The molecule has 0 aliphatic carbocycles. The number of likely N-dealkylation sites (N-methyl/N-ethyl adjacent to an activating group) is 1.